The van der Waals surface area contributed by atoms with Crippen LogP contribution in [0.2, 0.25) is 0 Å². The van der Waals surface area contributed by atoms with E-state index in [4.69, 9.17) is 0 Å². The van der Waals surface area contributed by atoms with Crippen molar-refractivity contribution in [1.82, 2.24) is 14.8 Å². The minimum Gasteiger partial charge on any atom is -0.327 e. The predicted molar refractivity (Wildman–Crippen MR) is 50.5 cm³/mol. The van der Waals surface area contributed by atoms with Gasteiger partial charge in [0, 0.05) is 18.5 Å². The van der Waals surface area contributed by atoms with E-state index in [2.05, 4.69) is 10.1 Å². The average Bonchev–Trinajstić information content (AvgIpc) is 2.20. The average molecular weight is 189 g/mol. The highest BCUT2D eigenvalue weighted by atomic mass is 16.1. The fourth-order valence-electron chi connectivity index (χ4n) is 1.12. The first-order valence-corrected chi connectivity index (χ1v) is 4.01. The summed E-state index contributed by atoms with van der Waals surface area (Å²) in [5, 5.41) is 3.79. The smallest absolute Gasteiger partial charge is 0.274 e. The van der Waals surface area contributed by atoms with Crippen molar-refractivity contribution in [1.29, 1.82) is 0 Å². The zero-order chi connectivity index (χ0) is 9.97. The molecule has 0 atom stereocenters. The summed E-state index contributed by atoms with van der Waals surface area (Å²) >= 11 is 0. The summed E-state index contributed by atoms with van der Waals surface area (Å²) < 4.78 is 1.05. The number of aromatic nitrogens is 3. The lowest BCUT2D eigenvalue weighted by Gasteiger charge is -2.00. The molecule has 0 aliphatic carbocycles. The van der Waals surface area contributed by atoms with Crippen LogP contribution in [0.25, 0.3) is 5.69 Å². The highest BCUT2D eigenvalue weighted by molar-refractivity contribution is 5.25. The van der Waals surface area contributed by atoms with Crippen LogP contribution in [-0.2, 0) is 0 Å². The number of rotatable bonds is 1. The number of hydrogen-bond donors (Lipinski definition) is 1. The second kappa shape index (κ2) is 3.29. The van der Waals surface area contributed by atoms with E-state index in [1.807, 2.05) is 0 Å². The van der Waals surface area contributed by atoms with Gasteiger partial charge < -0.3 is 4.98 Å². The molecule has 2 aromatic rings. The minimum atomic E-state index is -0.340. The molecule has 0 saturated carbocycles. The normalized spacial score (nSPS) is 10.0. The molecular weight excluding hydrogens is 182 g/mol. The Balaban J connectivity index is 2.74. The highest BCUT2D eigenvalue weighted by Gasteiger charge is 2.02. The van der Waals surface area contributed by atoms with E-state index in [1.54, 1.807) is 6.07 Å². The monoisotopic (exact) mass is 189 g/mol. The molecule has 0 unspecified atom stereocenters. The summed E-state index contributed by atoms with van der Waals surface area (Å²) in [7, 11) is 0. The topological polar surface area (TPSA) is 67.8 Å². The lowest BCUT2D eigenvalue weighted by atomic mass is 10.4. The minimum absolute atomic E-state index is 0.220. The van der Waals surface area contributed by atoms with Crippen LogP contribution in [0.1, 0.15) is 0 Å². The van der Waals surface area contributed by atoms with Crippen LogP contribution in [-0.4, -0.2) is 14.8 Å². The molecular formula is C9H7N3O2. The molecule has 0 aromatic carbocycles. The summed E-state index contributed by atoms with van der Waals surface area (Å²) in [4.78, 5) is 25.1. The van der Waals surface area contributed by atoms with Gasteiger partial charge in [-0.1, -0.05) is 0 Å². The molecule has 0 aliphatic heterocycles. The Morgan fingerprint density at radius 3 is 2.79 bits per heavy atom. The lowest BCUT2D eigenvalue weighted by molar-refractivity contribution is 0.794. The van der Waals surface area contributed by atoms with Crippen molar-refractivity contribution in [2.45, 2.75) is 0 Å². The van der Waals surface area contributed by atoms with Crippen molar-refractivity contribution in [2.24, 2.45) is 0 Å². The largest absolute Gasteiger partial charge is 0.327 e. The highest BCUT2D eigenvalue weighted by Crippen LogP contribution is 1.91. The maximum atomic E-state index is 11.3. The van der Waals surface area contributed by atoms with Gasteiger partial charge in [0.1, 0.15) is 5.69 Å². The summed E-state index contributed by atoms with van der Waals surface area (Å²) in [6.07, 6.45) is 2.95. The predicted octanol–water partition coefficient (Wildman–Crippen LogP) is -0.0792. The van der Waals surface area contributed by atoms with Crippen LogP contribution in [0.5, 0.6) is 0 Å². The van der Waals surface area contributed by atoms with Crippen LogP contribution in [0.15, 0.2) is 46.2 Å². The van der Waals surface area contributed by atoms with Crippen molar-refractivity contribution >= 4 is 0 Å². The third kappa shape index (κ3) is 1.35. The summed E-state index contributed by atoms with van der Waals surface area (Å²) in [6, 6.07) is 6.04. The SMILES string of the molecule is O=c1[nH]cccc1-n1ncccc1=O. The summed E-state index contributed by atoms with van der Waals surface area (Å²) in [6.45, 7) is 0. The van der Waals surface area contributed by atoms with Gasteiger partial charge in [0.05, 0.1) is 0 Å². The molecule has 5 heteroatoms. The molecule has 2 aromatic heterocycles. The van der Waals surface area contributed by atoms with E-state index >= 15 is 0 Å². The fourth-order valence-corrected chi connectivity index (χ4v) is 1.12. The van der Waals surface area contributed by atoms with Crippen LogP contribution in [0.4, 0.5) is 0 Å². The number of aromatic amines is 1. The van der Waals surface area contributed by atoms with E-state index in [0.717, 1.165) is 4.68 Å². The summed E-state index contributed by atoms with van der Waals surface area (Å²) in [5.41, 5.74) is -0.449. The van der Waals surface area contributed by atoms with E-state index in [0.29, 0.717) is 0 Å². The lowest BCUT2D eigenvalue weighted by Crippen LogP contribution is -2.25. The Bertz CT molecular complexity index is 504. The van der Waals surface area contributed by atoms with Crippen LogP contribution in [0.3, 0.4) is 0 Å². The fraction of sp³-hybridized carbons (Fsp3) is 0. The molecule has 0 amide bonds. The number of H-pyrrole nitrogens is 1. The number of nitrogens with zero attached hydrogens (tertiary/aromatic N) is 2. The molecule has 1 N–H and O–H groups in total. The zero-order valence-corrected chi connectivity index (χ0v) is 7.18. The van der Waals surface area contributed by atoms with E-state index in [1.165, 1.54) is 30.6 Å². The third-order valence-corrected chi connectivity index (χ3v) is 1.74. The van der Waals surface area contributed by atoms with Gasteiger partial charge in [0.25, 0.3) is 11.1 Å². The van der Waals surface area contributed by atoms with Crippen LogP contribution in [0, 0.1) is 0 Å². The Morgan fingerprint density at radius 1 is 1.21 bits per heavy atom. The van der Waals surface area contributed by atoms with E-state index in [9.17, 15) is 9.59 Å². The molecule has 0 bridgehead atoms. The number of nitrogens with one attached hydrogen (secondary N) is 1. The maximum absolute atomic E-state index is 11.3. The van der Waals surface area contributed by atoms with Crippen molar-refractivity contribution in [2.75, 3.05) is 0 Å². The molecule has 0 aliphatic rings. The van der Waals surface area contributed by atoms with Gasteiger partial charge in [-0.3, -0.25) is 9.59 Å². The molecule has 0 saturated heterocycles. The Labute approximate surface area is 78.6 Å². The van der Waals surface area contributed by atoms with Crippen molar-refractivity contribution in [3.8, 4) is 5.69 Å². The van der Waals surface area contributed by atoms with Gasteiger partial charge in [-0.05, 0) is 18.2 Å². The first-order chi connectivity index (χ1) is 6.79. The Hall–Kier alpha value is -2.17. The van der Waals surface area contributed by atoms with Crippen LogP contribution >= 0.6 is 0 Å². The Morgan fingerprint density at radius 2 is 2.07 bits per heavy atom. The van der Waals surface area contributed by atoms with Crippen molar-refractivity contribution < 1.29 is 0 Å². The van der Waals surface area contributed by atoms with Crippen molar-refractivity contribution in [3.05, 3.63) is 57.4 Å². The molecule has 0 radical (unpaired) electrons. The van der Waals surface area contributed by atoms with Gasteiger partial charge in [0.2, 0.25) is 0 Å². The van der Waals surface area contributed by atoms with Crippen LogP contribution < -0.4 is 11.1 Å². The van der Waals surface area contributed by atoms with E-state index < -0.39 is 0 Å². The first-order valence-electron chi connectivity index (χ1n) is 4.01. The Kier molecular flexibility index (Phi) is 1.98. The molecule has 14 heavy (non-hydrogen) atoms. The van der Waals surface area contributed by atoms with Gasteiger partial charge in [-0.25, -0.2) is 0 Å². The van der Waals surface area contributed by atoms with Gasteiger partial charge in [-0.15, -0.1) is 0 Å². The second-order valence-corrected chi connectivity index (χ2v) is 2.66. The molecule has 5 nitrogen and oxygen atoms in total. The molecule has 70 valence electrons. The molecule has 0 fully saturated rings. The quantitative estimate of drug-likeness (QED) is 0.682. The van der Waals surface area contributed by atoms with Gasteiger partial charge in [-0.2, -0.15) is 9.78 Å². The molecule has 2 rings (SSSR count). The van der Waals surface area contributed by atoms with Crippen molar-refractivity contribution in [3.63, 3.8) is 0 Å². The third-order valence-electron chi connectivity index (χ3n) is 1.74. The standard InChI is InChI=1S/C9H7N3O2/c13-8-4-2-6-11-12(8)7-3-1-5-10-9(7)14/h1-6H,(H,10,14). The number of pyridine rings is 1. The molecule has 2 heterocycles. The molecule has 0 spiro atoms. The second-order valence-electron chi connectivity index (χ2n) is 2.66. The van der Waals surface area contributed by atoms with E-state index in [-0.39, 0.29) is 16.8 Å². The summed E-state index contributed by atoms with van der Waals surface area (Å²) in [5.74, 6) is 0. The van der Waals surface area contributed by atoms with Gasteiger partial charge >= 0.3 is 0 Å². The zero-order valence-electron chi connectivity index (χ0n) is 7.18. The first kappa shape index (κ1) is 8.43. The maximum Gasteiger partial charge on any atom is 0.274 e. The van der Waals surface area contributed by atoms with Gasteiger partial charge in [0.15, 0.2) is 0 Å². The number of hydrogen-bond acceptors (Lipinski definition) is 3.